The third kappa shape index (κ3) is 5.21. The third-order valence-corrected chi connectivity index (χ3v) is 3.61. The smallest absolute Gasteiger partial charge is 0.224 e. The molecule has 3 nitrogen and oxygen atoms in total. The first kappa shape index (κ1) is 17.9. The average Bonchev–Trinajstić information content (AvgIpc) is 2.31. The van der Waals surface area contributed by atoms with Crippen LogP contribution in [0.4, 0.5) is 0 Å². The molecule has 0 heterocycles. The van der Waals surface area contributed by atoms with Gasteiger partial charge in [0.25, 0.3) is 0 Å². The zero-order chi connectivity index (χ0) is 13.8. The van der Waals surface area contributed by atoms with Crippen LogP contribution >= 0.6 is 12.4 Å². The normalized spacial score (nSPS) is 13.6. The van der Waals surface area contributed by atoms with Gasteiger partial charge in [-0.1, -0.05) is 43.7 Å². The molecule has 0 spiro atoms. The molecule has 1 aromatic carbocycles. The molecule has 1 atom stereocenters. The van der Waals surface area contributed by atoms with Crippen LogP contribution in [0.2, 0.25) is 0 Å². The molecule has 0 saturated carbocycles. The molecule has 0 fully saturated rings. The summed E-state index contributed by atoms with van der Waals surface area (Å²) in [7, 11) is 0. The molecule has 3 N–H and O–H groups in total. The number of hydrogen-bond acceptors (Lipinski definition) is 2. The Morgan fingerprint density at radius 3 is 2.26 bits per heavy atom. The molecule has 0 aliphatic heterocycles. The second-order valence-corrected chi connectivity index (χ2v) is 5.49. The second-order valence-electron chi connectivity index (χ2n) is 5.49. The van der Waals surface area contributed by atoms with E-state index in [1.807, 2.05) is 38.1 Å². The van der Waals surface area contributed by atoms with Gasteiger partial charge in [-0.15, -0.1) is 12.4 Å². The highest BCUT2D eigenvalue weighted by Crippen LogP contribution is 2.15. The van der Waals surface area contributed by atoms with E-state index in [2.05, 4.69) is 19.2 Å². The van der Waals surface area contributed by atoms with Crippen LogP contribution in [0.25, 0.3) is 0 Å². The highest BCUT2D eigenvalue weighted by Gasteiger charge is 2.28. The van der Waals surface area contributed by atoms with Crippen molar-refractivity contribution in [2.75, 3.05) is 6.54 Å². The van der Waals surface area contributed by atoms with Gasteiger partial charge in [0.05, 0.1) is 12.0 Å². The summed E-state index contributed by atoms with van der Waals surface area (Å²) in [6.45, 7) is 8.61. The monoisotopic (exact) mass is 284 g/mol. The van der Waals surface area contributed by atoms with Gasteiger partial charge in [0.1, 0.15) is 0 Å². The van der Waals surface area contributed by atoms with E-state index in [1.54, 1.807) is 0 Å². The number of carbonyl (C=O) groups excluding carboxylic acids is 1. The van der Waals surface area contributed by atoms with E-state index in [9.17, 15) is 4.79 Å². The van der Waals surface area contributed by atoms with E-state index in [1.165, 1.54) is 5.56 Å². The fourth-order valence-electron chi connectivity index (χ4n) is 1.69. The number of rotatable bonds is 5. The Morgan fingerprint density at radius 2 is 1.84 bits per heavy atom. The third-order valence-electron chi connectivity index (χ3n) is 3.61. The highest BCUT2D eigenvalue weighted by molar-refractivity contribution is 5.85. The van der Waals surface area contributed by atoms with E-state index in [4.69, 9.17) is 5.73 Å². The standard InChI is InChI=1S/C15H24N2O.ClH/c1-11(2)15(4,10-16)17-14(18)9-13-7-5-12(3)6-8-13;/h5-8,11H,9-10,16H2,1-4H3,(H,17,18);1H. The molecule has 0 bridgehead atoms. The summed E-state index contributed by atoms with van der Waals surface area (Å²) in [4.78, 5) is 12.0. The molecule has 1 rings (SSSR count). The van der Waals surface area contributed by atoms with Crippen LogP contribution in [-0.4, -0.2) is 18.0 Å². The van der Waals surface area contributed by atoms with Gasteiger partial charge in [-0.2, -0.15) is 0 Å². The number of aryl methyl sites for hydroxylation is 1. The maximum absolute atomic E-state index is 12.0. The lowest BCUT2D eigenvalue weighted by Gasteiger charge is -2.33. The zero-order valence-corrected chi connectivity index (χ0v) is 13.0. The van der Waals surface area contributed by atoms with Crippen molar-refractivity contribution in [3.63, 3.8) is 0 Å². The Hall–Kier alpha value is -1.06. The van der Waals surface area contributed by atoms with E-state index < -0.39 is 0 Å². The van der Waals surface area contributed by atoms with Crippen LogP contribution in [0.5, 0.6) is 0 Å². The minimum absolute atomic E-state index is 0. The Balaban J connectivity index is 0.00000324. The summed E-state index contributed by atoms with van der Waals surface area (Å²) < 4.78 is 0. The predicted molar refractivity (Wildman–Crippen MR) is 82.6 cm³/mol. The molecule has 1 amide bonds. The maximum atomic E-state index is 12.0. The Labute approximate surface area is 122 Å². The number of hydrogen-bond donors (Lipinski definition) is 2. The number of benzene rings is 1. The summed E-state index contributed by atoms with van der Waals surface area (Å²) >= 11 is 0. The van der Waals surface area contributed by atoms with Crippen molar-refractivity contribution >= 4 is 18.3 Å². The zero-order valence-electron chi connectivity index (χ0n) is 12.2. The molecule has 108 valence electrons. The summed E-state index contributed by atoms with van der Waals surface area (Å²) in [5.41, 5.74) is 7.65. The van der Waals surface area contributed by atoms with Crippen molar-refractivity contribution in [2.45, 2.75) is 39.7 Å². The molecule has 0 aliphatic carbocycles. The quantitative estimate of drug-likeness (QED) is 0.873. The first-order valence-electron chi connectivity index (χ1n) is 6.44. The van der Waals surface area contributed by atoms with Crippen molar-refractivity contribution in [2.24, 2.45) is 11.7 Å². The van der Waals surface area contributed by atoms with E-state index in [-0.39, 0.29) is 23.9 Å². The van der Waals surface area contributed by atoms with Crippen LogP contribution in [0.1, 0.15) is 31.9 Å². The summed E-state index contributed by atoms with van der Waals surface area (Å²) in [6, 6.07) is 8.02. The Bertz CT molecular complexity index is 403. The predicted octanol–water partition coefficient (Wildman–Crippen LogP) is 2.45. The van der Waals surface area contributed by atoms with Gasteiger partial charge >= 0.3 is 0 Å². The molecule has 19 heavy (non-hydrogen) atoms. The molecule has 1 aromatic rings. The van der Waals surface area contributed by atoms with Crippen LogP contribution in [0.3, 0.4) is 0 Å². The van der Waals surface area contributed by atoms with Crippen LogP contribution < -0.4 is 11.1 Å². The van der Waals surface area contributed by atoms with Gasteiger partial charge < -0.3 is 11.1 Å². The average molecular weight is 285 g/mol. The number of nitrogens with two attached hydrogens (primary N) is 1. The molecular formula is C15H25ClN2O. The minimum atomic E-state index is -0.332. The van der Waals surface area contributed by atoms with Gasteiger partial charge in [0.2, 0.25) is 5.91 Å². The number of carbonyl (C=O) groups is 1. The first-order chi connectivity index (χ1) is 8.37. The largest absolute Gasteiger partial charge is 0.349 e. The summed E-state index contributed by atoms with van der Waals surface area (Å²) in [5, 5.41) is 3.04. The van der Waals surface area contributed by atoms with Gasteiger partial charge in [-0.05, 0) is 25.3 Å². The van der Waals surface area contributed by atoms with E-state index >= 15 is 0 Å². The van der Waals surface area contributed by atoms with E-state index in [0.29, 0.717) is 18.9 Å². The van der Waals surface area contributed by atoms with Crippen molar-refractivity contribution in [3.05, 3.63) is 35.4 Å². The Kier molecular flexibility index (Phi) is 7.09. The summed E-state index contributed by atoms with van der Waals surface area (Å²) in [6.07, 6.45) is 0.405. The fraction of sp³-hybridized carbons (Fsp3) is 0.533. The maximum Gasteiger partial charge on any atom is 0.224 e. The van der Waals surface area contributed by atoms with Crippen molar-refractivity contribution < 1.29 is 4.79 Å². The first-order valence-corrected chi connectivity index (χ1v) is 6.44. The van der Waals surface area contributed by atoms with Gasteiger partial charge in [-0.25, -0.2) is 0 Å². The molecule has 4 heteroatoms. The Morgan fingerprint density at radius 1 is 1.32 bits per heavy atom. The van der Waals surface area contributed by atoms with Crippen molar-refractivity contribution in [3.8, 4) is 0 Å². The molecule has 0 saturated heterocycles. The van der Waals surface area contributed by atoms with Crippen molar-refractivity contribution in [1.82, 2.24) is 5.32 Å². The number of halogens is 1. The van der Waals surface area contributed by atoms with Crippen LogP contribution in [-0.2, 0) is 11.2 Å². The number of nitrogens with one attached hydrogen (secondary N) is 1. The lowest BCUT2D eigenvalue weighted by Crippen LogP contribution is -2.55. The minimum Gasteiger partial charge on any atom is -0.349 e. The van der Waals surface area contributed by atoms with Crippen molar-refractivity contribution in [1.29, 1.82) is 0 Å². The molecule has 1 unspecified atom stereocenters. The van der Waals surface area contributed by atoms with Gasteiger partial charge in [0.15, 0.2) is 0 Å². The van der Waals surface area contributed by atoms with E-state index in [0.717, 1.165) is 5.56 Å². The molecule has 0 aromatic heterocycles. The lowest BCUT2D eigenvalue weighted by molar-refractivity contribution is -0.122. The fourth-order valence-corrected chi connectivity index (χ4v) is 1.69. The van der Waals surface area contributed by atoms with Crippen LogP contribution in [0.15, 0.2) is 24.3 Å². The van der Waals surface area contributed by atoms with Gasteiger partial charge in [0, 0.05) is 6.54 Å². The second kappa shape index (κ2) is 7.51. The summed E-state index contributed by atoms with van der Waals surface area (Å²) in [5.74, 6) is 0.338. The molecule has 0 aliphatic rings. The lowest BCUT2D eigenvalue weighted by atomic mass is 9.88. The number of amides is 1. The highest BCUT2D eigenvalue weighted by atomic mass is 35.5. The molecule has 0 radical (unpaired) electrons. The van der Waals surface area contributed by atoms with Gasteiger partial charge in [-0.3, -0.25) is 4.79 Å². The van der Waals surface area contributed by atoms with Crippen LogP contribution in [0, 0.1) is 12.8 Å². The SMILES string of the molecule is Cc1ccc(CC(=O)NC(C)(CN)C(C)C)cc1.Cl. The topological polar surface area (TPSA) is 55.1 Å². The molecular weight excluding hydrogens is 260 g/mol.